The molecule has 0 aromatic rings. The molecule has 0 radical (unpaired) electrons. The molecule has 2 heteroatoms. The van der Waals surface area contributed by atoms with Crippen molar-refractivity contribution in [2.24, 2.45) is 0 Å². The summed E-state index contributed by atoms with van der Waals surface area (Å²) < 4.78 is 0. The van der Waals surface area contributed by atoms with Gasteiger partial charge in [0.15, 0.2) is 0 Å². The lowest BCUT2D eigenvalue weighted by Crippen LogP contribution is -2.58. The van der Waals surface area contributed by atoms with Gasteiger partial charge in [-0.25, -0.2) is 0 Å². The molecule has 2 rings (SSSR count). The Hall–Kier alpha value is -0.0800. The molecule has 0 aromatic carbocycles. The van der Waals surface area contributed by atoms with Crippen molar-refractivity contribution in [3.63, 3.8) is 0 Å². The van der Waals surface area contributed by atoms with Crippen LogP contribution in [0.1, 0.15) is 65.2 Å². The van der Waals surface area contributed by atoms with Crippen LogP contribution in [0.4, 0.5) is 0 Å². The van der Waals surface area contributed by atoms with E-state index in [-0.39, 0.29) is 0 Å². The summed E-state index contributed by atoms with van der Waals surface area (Å²) in [5.41, 5.74) is 0. The average Bonchev–Trinajstić information content (AvgIpc) is 2.30. The first-order valence-corrected chi connectivity index (χ1v) is 7.80. The smallest absolute Gasteiger partial charge is 0.0196 e. The Labute approximate surface area is 107 Å². The molecular formula is C15H30N2. The summed E-state index contributed by atoms with van der Waals surface area (Å²) in [7, 11) is 0. The molecule has 1 saturated carbocycles. The number of rotatable bonds is 2. The fraction of sp³-hybridized carbons (Fsp3) is 1.00. The summed E-state index contributed by atoms with van der Waals surface area (Å²) in [5.74, 6) is 0. The number of nitrogens with one attached hydrogen (secondary N) is 1. The quantitative estimate of drug-likeness (QED) is 0.795. The number of hydrogen-bond donors (Lipinski definition) is 1. The Morgan fingerprint density at radius 3 is 2.35 bits per heavy atom. The minimum atomic E-state index is 0.733. The lowest BCUT2D eigenvalue weighted by Gasteiger charge is -2.44. The number of nitrogens with zero attached hydrogens (tertiary/aromatic N) is 1. The van der Waals surface area contributed by atoms with Crippen molar-refractivity contribution in [1.82, 2.24) is 10.2 Å². The van der Waals surface area contributed by atoms with E-state index in [0.29, 0.717) is 0 Å². The van der Waals surface area contributed by atoms with Gasteiger partial charge in [0.05, 0.1) is 0 Å². The monoisotopic (exact) mass is 238 g/mol. The second-order valence-electron chi connectivity index (χ2n) is 6.06. The van der Waals surface area contributed by atoms with E-state index < -0.39 is 0 Å². The molecule has 1 N–H and O–H groups in total. The van der Waals surface area contributed by atoms with Crippen molar-refractivity contribution in [2.45, 2.75) is 83.3 Å². The minimum Gasteiger partial charge on any atom is -0.311 e. The largest absolute Gasteiger partial charge is 0.311 e. The Balaban J connectivity index is 1.92. The van der Waals surface area contributed by atoms with E-state index >= 15 is 0 Å². The summed E-state index contributed by atoms with van der Waals surface area (Å²) >= 11 is 0. The van der Waals surface area contributed by atoms with Crippen LogP contribution in [-0.2, 0) is 0 Å². The first kappa shape index (κ1) is 13.4. The number of hydrogen-bond acceptors (Lipinski definition) is 2. The first-order chi connectivity index (χ1) is 8.31. The highest BCUT2D eigenvalue weighted by Gasteiger charge is 2.29. The highest BCUT2D eigenvalue weighted by Crippen LogP contribution is 2.24. The summed E-state index contributed by atoms with van der Waals surface area (Å²) in [4.78, 5) is 2.82. The van der Waals surface area contributed by atoms with Gasteiger partial charge in [0.25, 0.3) is 0 Å². The van der Waals surface area contributed by atoms with E-state index in [1.807, 2.05) is 0 Å². The summed E-state index contributed by atoms with van der Waals surface area (Å²) in [6.07, 6.45) is 11.5. The van der Waals surface area contributed by atoms with E-state index in [1.165, 1.54) is 64.5 Å². The van der Waals surface area contributed by atoms with Crippen LogP contribution in [0.15, 0.2) is 0 Å². The highest BCUT2D eigenvalue weighted by molar-refractivity contribution is 4.87. The normalized spacial score (nSPS) is 34.2. The van der Waals surface area contributed by atoms with Crippen LogP contribution in [0.5, 0.6) is 0 Å². The van der Waals surface area contributed by atoms with Gasteiger partial charge >= 0.3 is 0 Å². The molecule has 2 unspecified atom stereocenters. The molecule has 1 aliphatic heterocycles. The van der Waals surface area contributed by atoms with Crippen LogP contribution in [0, 0.1) is 0 Å². The predicted molar refractivity (Wildman–Crippen MR) is 74.4 cm³/mol. The molecule has 1 saturated heterocycles. The molecule has 17 heavy (non-hydrogen) atoms. The topological polar surface area (TPSA) is 15.3 Å². The SMILES string of the molecule is CCC1CN(C2CCCCCCC2)C(C)CN1. The van der Waals surface area contributed by atoms with E-state index in [0.717, 1.165) is 18.1 Å². The molecule has 0 amide bonds. The maximum atomic E-state index is 3.67. The zero-order valence-corrected chi connectivity index (χ0v) is 11.8. The van der Waals surface area contributed by atoms with Crippen molar-refractivity contribution in [3.8, 4) is 0 Å². The van der Waals surface area contributed by atoms with Crippen LogP contribution >= 0.6 is 0 Å². The average molecular weight is 238 g/mol. The Morgan fingerprint density at radius 1 is 1.06 bits per heavy atom. The predicted octanol–water partition coefficient (Wildman–Crippen LogP) is 3.17. The van der Waals surface area contributed by atoms with Crippen molar-refractivity contribution < 1.29 is 0 Å². The van der Waals surface area contributed by atoms with Crippen LogP contribution in [-0.4, -0.2) is 36.1 Å². The van der Waals surface area contributed by atoms with Gasteiger partial charge in [-0.3, -0.25) is 4.90 Å². The van der Waals surface area contributed by atoms with Gasteiger partial charge in [-0.1, -0.05) is 39.0 Å². The summed E-state index contributed by atoms with van der Waals surface area (Å²) in [5, 5.41) is 3.67. The van der Waals surface area contributed by atoms with Crippen molar-refractivity contribution in [3.05, 3.63) is 0 Å². The van der Waals surface area contributed by atoms with Gasteiger partial charge in [0.2, 0.25) is 0 Å². The zero-order valence-electron chi connectivity index (χ0n) is 11.8. The lowest BCUT2D eigenvalue weighted by atomic mass is 9.93. The molecule has 100 valence electrons. The Morgan fingerprint density at radius 2 is 1.71 bits per heavy atom. The maximum Gasteiger partial charge on any atom is 0.0196 e. The Bertz CT molecular complexity index is 209. The molecule has 2 aliphatic rings. The van der Waals surface area contributed by atoms with Gasteiger partial charge in [0, 0.05) is 31.2 Å². The molecule has 0 spiro atoms. The standard InChI is InChI=1S/C15H30N2/c1-3-14-12-17(13(2)11-16-14)15-9-7-5-4-6-8-10-15/h13-16H,3-12H2,1-2H3. The third kappa shape index (κ3) is 3.69. The molecule has 2 atom stereocenters. The van der Waals surface area contributed by atoms with E-state index in [4.69, 9.17) is 0 Å². The molecular weight excluding hydrogens is 208 g/mol. The van der Waals surface area contributed by atoms with Crippen molar-refractivity contribution in [2.75, 3.05) is 13.1 Å². The Kier molecular flexibility index (Phi) is 5.30. The van der Waals surface area contributed by atoms with E-state index in [2.05, 4.69) is 24.1 Å². The molecule has 1 aliphatic carbocycles. The molecule has 2 nitrogen and oxygen atoms in total. The van der Waals surface area contributed by atoms with Gasteiger partial charge in [0.1, 0.15) is 0 Å². The summed E-state index contributed by atoms with van der Waals surface area (Å²) in [6, 6.07) is 2.35. The van der Waals surface area contributed by atoms with Crippen LogP contribution in [0.3, 0.4) is 0 Å². The highest BCUT2D eigenvalue weighted by atomic mass is 15.2. The third-order valence-electron chi connectivity index (χ3n) is 4.74. The van der Waals surface area contributed by atoms with Crippen molar-refractivity contribution in [1.29, 1.82) is 0 Å². The lowest BCUT2D eigenvalue weighted by molar-refractivity contribution is 0.0747. The molecule has 0 aromatic heterocycles. The second kappa shape index (κ2) is 6.75. The fourth-order valence-electron chi connectivity index (χ4n) is 3.50. The van der Waals surface area contributed by atoms with E-state index in [1.54, 1.807) is 0 Å². The number of piperazine rings is 1. The second-order valence-corrected chi connectivity index (χ2v) is 6.06. The van der Waals surface area contributed by atoms with Gasteiger partial charge in [-0.05, 0) is 26.2 Å². The first-order valence-electron chi connectivity index (χ1n) is 7.80. The fourth-order valence-corrected chi connectivity index (χ4v) is 3.50. The van der Waals surface area contributed by atoms with Gasteiger partial charge in [-0.15, -0.1) is 0 Å². The molecule has 0 bridgehead atoms. The van der Waals surface area contributed by atoms with Gasteiger partial charge < -0.3 is 5.32 Å². The zero-order chi connectivity index (χ0) is 12.1. The van der Waals surface area contributed by atoms with Gasteiger partial charge in [-0.2, -0.15) is 0 Å². The van der Waals surface area contributed by atoms with Crippen molar-refractivity contribution >= 4 is 0 Å². The molecule has 1 heterocycles. The molecule has 2 fully saturated rings. The van der Waals surface area contributed by atoms with Crippen LogP contribution in [0.25, 0.3) is 0 Å². The van der Waals surface area contributed by atoms with Crippen LogP contribution < -0.4 is 5.32 Å². The maximum absolute atomic E-state index is 3.67. The summed E-state index contributed by atoms with van der Waals surface area (Å²) in [6.45, 7) is 7.18. The third-order valence-corrected chi connectivity index (χ3v) is 4.74. The van der Waals surface area contributed by atoms with E-state index in [9.17, 15) is 0 Å². The minimum absolute atomic E-state index is 0.733. The van der Waals surface area contributed by atoms with Crippen LogP contribution in [0.2, 0.25) is 0 Å².